The van der Waals surface area contributed by atoms with Crippen LogP contribution >= 0.6 is 0 Å². The van der Waals surface area contributed by atoms with E-state index in [9.17, 15) is 9.59 Å². The molecule has 0 saturated heterocycles. The molecule has 0 fully saturated rings. The Labute approximate surface area is 164 Å². The number of rotatable bonds is 5. The molecule has 1 aromatic heterocycles. The third-order valence-electron chi connectivity index (χ3n) is 4.03. The first-order valence-electron chi connectivity index (χ1n) is 8.95. The molecule has 3 rings (SSSR count). The number of hydrogen-bond donors (Lipinski definition) is 3. The highest BCUT2D eigenvalue weighted by atomic mass is 16.2. The van der Waals surface area contributed by atoms with Gasteiger partial charge in [-0.15, -0.1) is 0 Å². The van der Waals surface area contributed by atoms with Crippen LogP contribution in [-0.2, 0) is 6.54 Å². The van der Waals surface area contributed by atoms with Gasteiger partial charge in [-0.2, -0.15) is 0 Å². The smallest absolute Gasteiger partial charge is 0.323 e. The number of aryl methyl sites for hydroxylation is 2. The van der Waals surface area contributed by atoms with E-state index in [0.29, 0.717) is 17.9 Å². The predicted molar refractivity (Wildman–Crippen MR) is 110 cm³/mol. The highest BCUT2D eigenvalue weighted by molar-refractivity contribution is 5.99. The van der Waals surface area contributed by atoms with Gasteiger partial charge in [0.15, 0.2) is 0 Å². The van der Waals surface area contributed by atoms with E-state index in [4.69, 9.17) is 0 Å². The number of aromatic nitrogens is 1. The van der Waals surface area contributed by atoms with Gasteiger partial charge in [-0.3, -0.25) is 4.79 Å². The molecular formula is C22H22N4O2. The molecule has 28 heavy (non-hydrogen) atoms. The van der Waals surface area contributed by atoms with E-state index in [-0.39, 0.29) is 11.9 Å². The molecular weight excluding hydrogens is 352 g/mol. The van der Waals surface area contributed by atoms with Gasteiger partial charge in [0.05, 0.1) is 0 Å². The minimum atomic E-state index is -0.323. The largest absolute Gasteiger partial charge is 0.347 e. The van der Waals surface area contributed by atoms with E-state index in [1.165, 1.54) is 0 Å². The predicted octanol–water partition coefficient (Wildman–Crippen LogP) is 4.27. The van der Waals surface area contributed by atoms with Crippen molar-refractivity contribution in [3.63, 3.8) is 0 Å². The van der Waals surface area contributed by atoms with Crippen LogP contribution in [0.4, 0.5) is 16.2 Å². The molecule has 3 amide bonds. The van der Waals surface area contributed by atoms with Crippen LogP contribution < -0.4 is 16.0 Å². The molecule has 3 N–H and O–H groups in total. The lowest BCUT2D eigenvalue weighted by molar-refractivity contribution is 0.0945. The maximum atomic E-state index is 12.2. The van der Waals surface area contributed by atoms with E-state index in [0.717, 1.165) is 22.5 Å². The lowest BCUT2D eigenvalue weighted by atomic mass is 10.2. The van der Waals surface area contributed by atoms with Crippen LogP contribution in [0.15, 0.2) is 66.7 Å². The van der Waals surface area contributed by atoms with E-state index >= 15 is 0 Å². The quantitative estimate of drug-likeness (QED) is 0.623. The maximum Gasteiger partial charge on any atom is 0.323 e. The Balaban J connectivity index is 1.57. The summed E-state index contributed by atoms with van der Waals surface area (Å²) in [5.74, 6) is -0.237. The Hall–Kier alpha value is -3.67. The third-order valence-corrected chi connectivity index (χ3v) is 4.03. The lowest BCUT2D eigenvalue weighted by Gasteiger charge is -2.10. The van der Waals surface area contributed by atoms with Crippen molar-refractivity contribution in [2.75, 3.05) is 10.6 Å². The normalized spacial score (nSPS) is 10.2. The number of nitrogens with zero attached hydrogens (tertiary/aromatic N) is 1. The lowest BCUT2D eigenvalue weighted by Crippen LogP contribution is -2.24. The Morgan fingerprint density at radius 3 is 2.25 bits per heavy atom. The molecule has 6 nitrogen and oxygen atoms in total. The highest BCUT2D eigenvalue weighted by Crippen LogP contribution is 2.13. The standard InChI is InChI=1S/C22H22N4O2/c1-15-6-3-9-18(12-15)25-22(28)26-19-10-5-8-17(13-19)14-23-21(27)20-11-4-7-16(2)24-20/h3-13H,14H2,1-2H3,(H,23,27)(H2,25,26,28). The molecule has 0 bridgehead atoms. The molecule has 0 atom stereocenters. The number of urea groups is 1. The summed E-state index contributed by atoms with van der Waals surface area (Å²) in [7, 11) is 0. The van der Waals surface area contributed by atoms with Crippen LogP contribution in [0.5, 0.6) is 0 Å². The van der Waals surface area contributed by atoms with Crippen molar-refractivity contribution in [2.45, 2.75) is 20.4 Å². The summed E-state index contributed by atoms with van der Waals surface area (Å²) in [6, 6.07) is 19.9. The Morgan fingerprint density at radius 1 is 0.857 bits per heavy atom. The monoisotopic (exact) mass is 374 g/mol. The average Bonchev–Trinajstić information content (AvgIpc) is 2.66. The molecule has 0 aliphatic heterocycles. The number of carbonyl (C=O) groups is 2. The zero-order valence-corrected chi connectivity index (χ0v) is 15.8. The van der Waals surface area contributed by atoms with Gasteiger partial charge in [-0.05, 0) is 61.4 Å². The van der Waals surface area contributed by atoms with Crippen molar-refractivity contribution in [1.82, 2.24) is 10.3 Å². The topological polar surface area (TPSA) is 83.1 Å². The van der Waals surface area contributed by atoms with Gasteiger partial charge < -0.3 is 16.0 Å². The number of hydrogen-bond acceptors (Lipinski definition) is 3. The summed E-state index contributed by atoms with van der Waals surface area (Å²) in [5, 5.41) is 8.44. The van der Waals surface area contributed by atoms with Crippen LogP contribution in [0, 0.1) is 13.8 Å². The van der Waals surface area contributed by atoms with Gasteiger partial charge in [-0.1, -0.05) is 30.3 Å². The maximum absolute atomic E-state index is 12.2. The molecule has 0 aliphatic rings. The van der Waals surface area contributed by atoms with E-state index in [1.54, 1.807) is 18.2 Å². The zero-order chi connectivity index (χ0) is 19.9. The molecule has 1 heterocycles. The summed E-state index contributed by atoms with van der Waals surface area (Å²) < 4.78 is 0. The number of nitrogens with one attached hydrogen (secondary N) is 3. The fourth-order valence-electron chi connectivity index (χ4n) is 2.72. The second-order valence-electron chi connectivity index (χ2n) is 6.50. The van der Waals surface area contributed by atoms with E-state index < -0.39 is 0 Å². The van der Waals surface area contributed by atoms with Gasteiger partial charge in [0.25, 0.3) is 5.91 Å². The van der Waals surface area contributed by atoms with E-state index in [1.807, 2.05) is 62.4 Å². The molecule has 0 radical (unpaired) electrons. The number of amides is 3. The second-order valence-corrected chi connectivity index (χ2v) is 6.50. The Kier molecular flexibility index (Phi) is 6.01. The fraction of sp³-hybridized carbons (Fsp3) is 0.136. The zero-order valence-electron chi connectivity index (χ0n) is 15.8. The van der Waals surface area contributed by atoms with Gasteiger partial charge in [0, 0.05) is 23.6 Å². The number of benzene rings is 2. The summed E-state index contributed by atoms with van der Waals surface area (Å²) in [5.41, 5.74) is 4.48. The first-order valence-corrected chi connectivity index (χ1v) is 8.95. The van der Waals surface area contributed by atoms with Crippen molar-refractivity contribution in [3.05, 3.63) is 89.2 Å². The Morgan fingerprint density at radius 2 is 1.54 bits per heavy atom. The molecule has 0 aliphatic carbocycles. The molecule has 3 aromatic rings. The molecule has 0 saturated carbocycles. The molecule has 2 aromatic carbocycles. The van der Waals surface area contributed by atoms with Crippen molar-refractivity contribution < 1.29 is 9.59 Å². The SMILES string of the molecule is Cc1cccc(NC(=O)Nc2cccc(CNC(=O)c3cccc(C)n3)c2)c1. The molecule has 6 heteroatoms. The number of carbonyl (C=O) groups excluding carboxylic acids is 2. The van der Waals surface area contributed by atoms with E-state index in [2.05, 4.69) is 20.9 Å². The van der Waals surface area contributed by atoms with Crippen LogP contribution in [-0.4, -0.2) is 16.9 Å². The van der Waals surface area contributed by atoms with Crippen molar-refractivity contribution >= 4 is 23.3 Å². The van der Waals surface area contributed by atoms with Crippen molar-refractivity contribution in [1.29, 1.82) is 0 Å². The highest BCUT2D eigenvalue weighted by Gasteiger charge is 2.08. The number of anilines is 2. The average molecular weight is 374 g/mol. The minimum absolute atomic E-state index is 0.237. The second kappa shape index (κ2) is 8.81. The summed E-state index contributed by atoms with van der Waals surface area (Å²) in [6.45, 7) is 4.14. The molecule has 142 valence electrons. The van der Waals surface area contributed by atoms with Gasteiger partial charge >= 0.3 is 6.03 Å². The fourth-order valence-corrected chi connectivity index (χ4v) is 2.72. The first kappa shape index (κ1) is 19.1. The van der Waals surface area contributed by atoms with Gasteiger partial charge in [0.1, 0.15) is 5.69 Å². The number of pyridine rings is 1. The minimum Gasteiger partial charge on any atom is -0.347 e. The van der Waals surface area contributed by atoms with Crippen molar-refractivity contribution in [2.24, 2.45) is 0 Å². The van der Waals surface area contributed by atoms with Gasteiger partial charge in [-0.25, -0.2) is 9.78 Å². The van der Waals surface area contributed by atoms with Crippen molar-refractivity contribution in [3.8, 4) is 0 Å². The molecule has 0 spiro atoms. The van der Waals surface area contributed by atoms with Gasteiger partial charge in [0.2, 0.25) is 0 Å². The first-order chi connectivity index (χ1) is 13.5. The summed E-state index contributed by atoms with van der Waals surface area (Å²) in [4.78, 5) is 28.6. The molecule has 0 unspecified atom stereocenters. The van der Waals surface area contributed by atoms with Crippen LogP contribution in [0.1, 0.15) is 27.3 Å². The third kappa shape index (κ3) is 5.41. The van der Waals surface area contributed by atoms with Crippen LogP contribution in [0.2, 0.25) is 0 Å². The summed E-state index contributed by atoms with van der Waals surface area (Å²) in [6.07, 6.45) is 0. The Bertz CT molecular complexity index is 1000. The van der Waals surface area contributed by atoms with Crippen LogP contribution in [0.3, 0.4) is 0 Å². The van der Waals surface area contributed by atoms with Crippen LogP contribution in [0.25, 0.3) is 0 Å². The summed E-state index contributed by atoms with van der Waals surface area (Å²) >= 11 is 0.